The molecule has 1 aromatic rings. The fourth-order valence-electron chi connectivity index (χ4n) is 0.732. The largest absolute Gasteiger partial charge is 0.248 e. The van der Waals surface area contributed by atoms with Crippen molar-refractivity contribution in [3.63, 3.8) is 0 Å². The maximum absolute atomic E-state index is 5.94. The Balaban J connectivity index is 2.69. The molecule has 1 atom stereocenters. The topological polar surface area (TPSA) is 12.9 Å². The van der Waals surface area contributed by atoms with Crippen molar-refractivity contribution in [2.45, 2.75) is 30.5 Å². The van der Waals surface area contributed by atoms with E-state index in [-0.39, 0.29) is 0 Å². The van der Waals surface area contributed by atoms with E-state index >= 15 is 0 Å². The fraction of sp³-hybridized carbons (Fsp3) is 0.444. The Kier molecular flexibility index (Phi) is 3.89. The standard InChI is InChI=1S/C9H12ClNS/c1-3-7(2)12-9-8(10)5-4-6-11-9/h4-7H,3H2,1-2H3. The molecule has 1 unspecified atom stereocenters. The molecule has 12 heavy (non-hydrogen) atoms. The van der Waals surface area contributed by atoms with Crippen LogP contribution in [0.3, 0.4) is 0 Å². The first-order valence-electron chi connectivity index (χ1n) is 4.01. The number of pyridine rings is 1. The van der Waals surface area contributed by atoms with E-state index in [2.05, 4.69) is 18.8 Å². The van der Waals surface area contributed by atoms with E-state index in [1.54, 1.807) is 18.0 Å². The first-order valence-corrected chi connectivity index (χ1v) is 5.27. The number of aromatic nitrogens is 1. The Labute approximate surface area is 82.5 Å². The Morgan fingerprint density at radius 3 is 3.00 bits per heavy atom. The van der Waals surface area contributed by atoms with Gasteiger partial charge in [-0.1, -0.05) is 25.4 Å². The minimum absolute atomic E-state index is 0.581. The van der Waals surface area contributed by atoms with Gasteiger partial charge in [-0.05, 0) is 18.6 Å². The summed E-state index contributed by atoms with van der Waals surface area (Å²) in [5, 5.41) is 2.27. The van der Waals surface area contributed by atoms with Gasteiger partial charge in [0, 0.05) is 11.4 Å². The van der Waals surface area contributed by atoms with E-state index in [0.717, 1.165) is 16.5 Å². The van der Waals surface area contributed by atoms with Gasteiger partial charge in [-0.2, -0.15) is 0 Å². The van der Waals surface area contributed by atoms with Gasteiger partial charge in [0.25, 0.3) is 0 Å². The molecule has 1 rings (SSSR count). The molecule has 66 valence electrons. The molecule has 0 aliphatic carbocycles. The Morgan fingerprint density at radius 1 is 1.67 bits per heavy atom. The molecule has 1 heterocycles. The third-order valence-corrected chi connectivity index (χ3v) is 3.31. The summed E-state index contributed by atoms with van der Waals surface area (Å²) in [6.45, 7) is 4.34. The van der Waals surface area contributed by atoms with E-state index in [0.29, 0.717) is 5.25 Å². The second-order valence-corrected chi connectivity index (χ2v) is 4.46. The van der Waals surface area contributed by atoms with E-state index in [9.17, 15) is 0 Å². The number of halogens is 1. The monoisotopic (exact) mass is 201 g/mol. The highest BCUT2D eigenvalue weighted by molar-refractivity contribution is 7.99. The summed E-state index contributed by atoms with van der Waals surface area (Å²) in [6, 6.07) is 3.72. The fourth-order valence-corrected chi connectivity index (χ4v) is 1.84. The smallest absolute Gasteiger partial charge is 0.115 e. The van der Waals surface area contributed by atoms with Gasteiger partial charge in [0.15, 0.2) is 0 Å². The van der Waals surface area contributed by atoms with E-state index in [1.807, 2.05) is 12.1 Å². The van der Waals surface area contributed by atoms with Crippen LogP contribution in [0.15, 0.2) is 23.4 Å². The van der Waals surface area contributed by atoms with Gasteiger partial charge in [-0.15, -0.1) is 11.8 Å². The highest BCUT2D eigenvalue weighted by Crippen LogP contribution is 2.28. The lowest BCUT2D eigenvalue weighted by atomic mass is 10.4. The number of nitrogens with zero attached hydrogens (tertiary/aromatic N) is 1. The zero-order chi connectivity index (χ0) is 8.97. The average molecular weight is 202 g/mol. The van der Waals surface area contributed by atoms with Gasteiger partial charge in [-0.3, -0.25) is 0 Å². The van der Waals surface area contributed by atoms with Gasteiger partial charge in [-0.25, -0.2) is 4.98 Å². The van der Waals surface area contributed by atoms with Gasteiger partial charge in [0.05, 0.1) is 5.02 Å². The first kappa shape index (κ1) is 9.87. The van der Waals surface area contributed by atoms with Crippen LogP contribution >= 0.6 is 23.4 Å². The molecular weight excluding hydrogens is 190 g/mol. The van der Waals surface area contributed by atoms with Crippen molar-refractivity contribution in [2.75, 3.05) is 0 Å². The van der Waals surface area contributed by atoms with Crippen LogP contribution < -0.4 is 0 Å². The second kappa shape index (κ2) is 4.73. The predicted octanol–water partition coefficient (Wildman–Crippen LogP) is 3.63. The van der Waals surface area contributed by atoms with Gasteiger partial charge in [0.2, 0.25) is 0 Å². The van der Waals surface area contributed by atoms with Crippen molar-refractivity contribution in [1.82, 2.24) is 4.98 Å². The summed E-state index contributed by atoms with van der Waals surface area (Å²) < 4.78 is 0. The molecule has 0 fully saturated rings. The summed E-state index contributed by atoms with van der Waals surface area (Å²) in [7, 11) is 0. The third kappa shape index (κ3) is 2.68. The quantitative estimate of drug-likeness (QED) is 0.693. The molecule has 0 aliphatic heterocycles. The maximum atomic E-state index is 5.94. The molecule has 0 radical (unpaired) electrons. The van der Waals surface area contributed by atoms with Crippen molar-refractivity contribution in [1.29, 1.82) is 0 Å². The molecule has 0 saturated heterocycles. The Morgan fingerprint density at radius 2 is 2.42 bits per heavy atom. The van der Waals surface area contributed by atoms with Crippen molar-refractivity contribution >= 4 is 23.4 Å². The molecule has 3 heteroatoms. The maximum Gasteiger partial charge on any atom is 0.115 e. The summed E-state index contributed by atoms with van der Waals surface area (Å²) in [6.07, 6.45) is 2.91. The second-order valence-electron chi connectivity index (χ2n) is 2.63. The number of hydrogen-bond donors (Lipinski definition) is 0. The van der Waals surface area contributed by atoms with Crippen molar-refractivity contribution in [2.24, 2.45) is 0 Å². The van der Waals surface area contributed by atoms with Crippen LogP contribution in [0.2, 0.25) is 5.02 Å². The van der Waals surface area contributed by atoms with Gasteiger partial charge >= 0.3 is 0 Å². The lowest BCUT2D eigenvalue weighted by Gasteiger charge is -2.07. The van der Waals surface area contributed by atoms with Crippen LogP contribution in [-0.2, 0) is 0 Å². The van der Waals surface area contributed by atoms with Crippen molar-refractivity contribution < 1.29 is 0 Å². The summed E-state index contributed by atoms with van der Waals surface area (Å²) in [5.41, 5.74) is 0. The molecule has 1 aromatic heterocycles. The van der Waals surface area contributed by atoms with Crippen LogP contribution in [0.1, 0.15) is 20.3 Å². The Hall–Kier alpha value is -0.210. The molecule has 0 saturated carbocycles. The zero-order valence-electron chi connectivity index (χ0n) is 7.25. The van der Waals surface area contributed by atoms with Crippen molar-refractivity contribution in [3.05, 3.63) is 23.4 Å². The molecule has 0 spiro atoms. The molecule has 0 N–H and O–H groups in total. The van der Waals surface area contributed by atoms with Crippen LogP contribution in [0.25, 0.3) is 0 Å². The van der Waals surface area contributed by atoms with E-state index < -0.39 is 0 Å². The summed E-state index contributed by atoms with van der Waals surface area (Å²) >= 11 is 7.67. The van der Waals surface area contributed by atoms with Crippen LogP contribution in [-0.4, -0.2) is 10.2 Å². The van der Waals surface area contributed by atoms with Crippen LogP contribution in [0, 0.1) is 0 Å². The normalized spacial score (nSPS) is 12.9. The van der Waals surface area contributed by atoms with Crippen molar-refractivity contribution in [3.8, 4) is 0 Å². The van der Waals surface area contributed by atoms with Gasteiger partial charge in [0.1, 0.15) is 5.03 Å². The Bertz CT molecular complexity index is 252. The SMILES string of the molecule is CCC(C)Sc1ncccc1Cl. The minimum Gasteiger partial charge on any atom is -0.248 e. The molecule has 0 aliphatic rings. The predicted molar refractivity (Wildman–Crippen MR) is 54.9 cm³/mol. The lowest BCUT2D eigenvalue weighted by molar-refractivity contribution is 0.901. The molecule has 0 aromatic carbocycles. The van der Waals surface area contributed by atoms with E-state index in [1.165, 1.54) is 0 Å². The summed E-state index contributed by atoms with van der Waals surface area (Å²) in [5.74, 6) is 0. The zero-order valence-corrected chi connectivity index (χ0v) is 8.82. The first-order chi connectivity index (χ1) is 5.74. The number of thioether (sulfide) groups is 1. The molecular formula is C9H12ClNS. The van der Waals surface area contributed by atoms with Crippen LogP contribution in [0.4, 0.5) is 0 Å². The lowest BCUT2D eigenvalue weighted by Crippen LogP contribution is -1.93. The van der Waals surface area contributed by atoms with Gasteiger partial charge < -0.3 is 0 Å². The summed E-state index contributed by atoms with van der Waals surface area (Å²) in [4.78, 5) is 4.20. The molecule has 0 amide bonds. The van der Waals surface area contributed by atoms with E-state index in [4.69, 9.17) is 11.6 Å². The molecule has 0 bridgehead atoms. The minimum atomic E-state index is 0.581. The van der Waals surface area contributed by atoms with Crippen LogP contribution in [0.5, 0.6) is 0 Å². The number of rotatable bonds is 3. The molecule has 1 nitrogen and oxygen atoms in total. The average Bonchev–Trinajstić information content (AvgIpc) is 2.09. The highest BCUT2D eigenvalue weighted by atomic mass is 35.5. The highest BCUT2D eigenvalue weighted by Gasteiger charge is 2.05. The third-order valence-electron chi connectivity index (χ3n) is 1.61. The number of hydrogen-bond acceptors (Lipinski definition) is 2.